The van der Waals surface area contributed by atoms with Crippen LogP contribution in [0.5, 0.6) is 0 Å². The molecule has 0 aliphatic rings. The van der Waals surface area contributed by atoms with Crippen LogP contribution in [0.25, 0.3) is 11.4 Å². The van der Waals surface area contributed by atoms with Crippen molar-refractivity contribution < 1.29 is 5.11 Å². The van der Waals surface area contributed by atoms with Gasteiger partial charge in [0.15, 0.2) is 0 Å². The molecule has 1 heterocycles. The summed E-state index contributed by atoms with van der Waals surface area (Å²) < 4.78 is 0. The summed E-state index contributed by atoms with van der Waals surface area (Å²) in [5, 5.41) is 23.0. The molecule has 14 heavy (non-hydrogen) atoms. The van der Waals surface area contributed by atoms with E-state index in [9.17, 15) is 5.11 Å². The highest BCUT2D eigenvalue weighted by atomic mass is 16.3. The van der Waals surface area contributed by atoms with Gasteiger partial charge < -0.3 is 5.11 Å². The molecule has 1 atom stereocenters. The van der Waals surface area contributed by atoms with Crippen molar-refractivity contribution in [3.05, 3.63) is 29.8 Å². The maximum Gasteiger partial charge on any atom is 0.204 e. The first kappa shape index (κ1) is 8.83. The summed E-state index contributed by atoms with van der Waals surface area (Å²) in [4.78, 5) is 0. The van der Waals surface area contributed by atoms with Crippen LogP contribution in [-0.4, -0.2) is 25.7 Å². The van der Waals surface area contributed by atoms with Crippen LogP contribution in [0.3, 0.4) is 0 Å². The number of hydrogen-bond donors (Lipinski definition) is 2. The number of H-pyrrole nitrogens is 1. The van der Waals surface area contributed by atoms with E-state index in [0.29, 0.717) is 5.82 Å². The lowest BCUT2D eigenvalue weighted by molar-refractivity contribution is 0.199. The standard InChI is InChI=1S/C9H10N4O/c1-6(14)7-3-2-4-8(5-7)9-10-12-13-11-9/h2-6,14H,1H3,(H,10,11,12,13)/t6-/m1/s1. The van der Waals surface area contributed by atoms with Crippen LogP contribution in [-0.2, 0) is 0 Å². The number of benzene rings is 1. The van der Waals surface area contributed by atoms with Crippen LogP contribution in [0, 0.1) is 0 Å². The van der Waals surface area contributed by atoms with Crippen molar-refractivity contribution in [3.63, 3.8) is 0 Å². The molecule has 0 saturated carbocycles. The summed E-state index contributed by atoms with van der Waals surface area (Å²) in [5.74, 6) is 0.535. The summed E-state index contributed by atoms with van der Waals surface area (Å²) in [6.45, 7) is 1.72. The van der Waals surface area contributed by atoms with Crippen molar-refractivity contribution in [2.45, 2.75) is 13.0 Å². The van der Waals surface area contributed by atoms with Crippen LogP contribution in [0.4, 0.5) is 0 Å². The van der Waals surface area contributed by atoms with Gasteiger partial charge in [0.25, 0.3) is 0 Å². The topological polar surface area (TPSA) is 74.7 Å². The molecule has 5 nitrogen and oxygen atoms in total. The Balaban J connectivity index is 2.41. The molecule has 72 valence electrons. The number of aromatic amines is 1. The molecule has 5 heteroatoms. The number of nitrogens with one attached hydrogen (secondary N) is 1. The molecule has 2 aromatic rings. The Morgan fingerprint density at radius 3 is 2.93 bits per heavy atom. The SMILES string of the molecule is C[C@@H](O)c1cccc(-c2nn[nH]n2)c1. The zero-order chi connectivity index (χ0) is 9.97. The Bertz CT molecular complexity index is 411. The van der Waals surface area contributed by atoms with Crippen LogP contribution >= 0.6 is 0 Å². The molecule has 0 unspecified atom stereocenters. The van der Waals surface area contributed by atoms with E-state index in [1.54, 1.807) is 6.92 Å². The number of hydrogen-bond acceptors (Lipinski definition) is 4. The Labute approximate surface area is 80.8 Å². The molecule has 2 rings (SSSR count). The Hall–Kier alpha value is -1.75. The van der Waals surface area contributed by atoms with Crippen molar-refractivity contribution >= 4 is 0 Å². The Kier molecular flexibility index (Phi) is 2.24. The predicted molar refractivity (Wildman–Crippen MR) is 50.2 cm³/mol. The van der Waals surface area contributed by atoms with Gasteiger partial charge in [0.2, 0.25) is 5.82 Å². The smallest absolute Gasteiger partial charge is 0.204 e. The van der Waals surface area contributed by atoms with E-state index in [4.69, 9.17) is 0 Å². The Morgan fingerprint density at radius 1 is 1.43 bits per heavy atom. The second kappa shape index (κ2) is 3.55. The molecule has 0 aliphatic heterocycles. The zero-order valence-corrected chi connectivity index (χ0v) is 7.68. The number of aliphatic hydroxyl groups excluding tert-OH is 1. The lowest BCUT2D eigenvalue weighted by Gasteiger charge is -2.04. The van der Waals surface area contributed by atoms with Crippen LogP contribution in [0.1, 0.15) is 18.6 Å². The molecule has 0 bridgehead atoms. The van der Waals surface area contributed by atoms with Crippen molar-refractivity contribution in [1.82, 2.24) is 20.6 Å². The van der Waals surface area contributed by atoms with Crippen LogP contribution in [0.2, 0.25) is 0 Å². The summed E-state index contributed by atoms with van der Waals surface area (Å²) in [6, 6.07) is 7.42. The van der Waals surface area contributed by atoms with Gasteiger partial charge in [-0.25, -0.2) is 0 Å². The van der Waals surface area contributed by atoms with E-state index >= 15 is 0 Å². The second-order valence-corrected chi connectivity index (χ2v) is 3.04. The van der Waals surface area contributed by atoms with Gasteiger partial charge in [-0.2, -0.15) is 5.21 Å². The van der Waals surface area contributed by atoms with Crippen molar-refractivity contribution in [1.29, 1.82) is 0 Å². The first-order valence-corrected chi connectivity index (χ1v) is 4.29. The van der Waals surface area contributed by atoms with Gasteiger partial charge in [-0.05, 0) is 23.8 Å². The quantitative estimate of drug-likeness (QED) is 0.738. The third kappa shape index (κ3) is 1.62. The number of nitrogens with zero attached hydrogens (tertiary/aromatic N) is 3. The molecule has 0 amide bonds. The highest BCUT2D eigenvalue weighted by molar-refractivity contribution is 5.55. The summed E-state index contributed by atoms with van der Waals surface area (Å²) in [7, 11) is 0. The first-order valence-electron chi connectivity index (χ1n) is 4.29. The first-order chi connectivity index (χ1) is 6.77. The summed E-state index contributed by atoms with van der Waals surface area (Å²) >= 11 is 0. The van der Waals surface area contributed by atoms with Gasteiger partial charge in [0.1, 0.15) is 0 Å². The number of rotatable bonds is 2. The maximum atomic E-state index is 9.38. The van der Waals surface area contributed by atoms with E-state index in [1.165, 1.54) is 0 Å². The molecule has 0 saturated heterocycles. The summed E-state index contributed by atoms with van der Waals surface area (Å²) in [6.07, 6.45) is -0.484. The second-order valence-electron chi connectivity index (χ2n) is 3.04. The molecule has 0 radical (unpaired) electrons. The number of tetrazole rings is 1. The fourth-order valence-electron chi connectivity index (χ4n) is 1.22. The lowest BCUT2D eigenvalue weighted by Crippen LogP contribution is -1.91. The minimum atomic E-state index is -0.484. The lowest BCUT2D eigenvalue weighted by atomic mass is 10.1. The zero-order valence-electron chi connectivity index (χ0n) is 7.68. The molecule has 1 aromatic carbocycles. The van der Waals surface area contributed by atoms with E-state index in [2.05, 4.69) is 20.6 Å². The van der Waals surface area contributed by atoms with Crippen molar-refractivity contribution in [2.75, 3.05) is 0 Å². The average Bonchev–Trinajstić information content (AvgIpc) is 2.71. The van der Waals surface area contributed by atoms with Crippen LogP contribution < -0.4 is 0 Å². The van der Waals surface area contributed by atoms with Gasteiger partial charge in [0, 0.05) is 5.56 Å². The van der Waals surface area contributed by atoms with Crippen molar-refractivity contribution in [2.24, 2.45) is 0 Å². The van der Waals surface area contributed by atoms with Crippen LogP contribution in [0.15, 0.2) is 24.3 Å². The van der Waals surface area contributed by atoms with E-state index in [0.717, 1.165) is 11.1 Å². The third-order valence-electron chi connectivity index (χ3n) is 1.97. The van der Waals surface area contributed by atoms with Gasteiger partial charge in [-0.3, -0.25) is 0 Å². The predicted octanol–water partition coefficient (Wildman–Crippen LogP) is 0.920. The van der Waals surface area contributed by atoms with E-state index in [1.807, 2.05) is 24.3 Å². The fraction of sp³-hybridized carbons (Fsp3) is 0.222. The highest BCUT2D eigenvalue weighted by Crippen LogP contribution is 2.19. The van der Waals surface area contributed by atoms with Gasteiger partial charge in [0.05, 0.1) is 6.10 Å². The molecule has 0 aliphatic carbocycles. The number of aliphatic hydroxyl groups is 1. The summed E-state index contributed by atoms with van der Waals surface area (Å²) in [5.41, 5.74) is 1.68. The third-order valence-corrected chi connectivity index (χ3v) is 1.97. The molecular weight excluding hydrogens is 180 g/mol. The van der Waals surface area contributed by atoms with Gasteiger partial charge in [-0.15, -0.1) is 10.2 Å². The molecule has 0 spiro atoms. The molecule has 1 aromatic heterocycles. The normalized spacial score (nSPS) is 12.7. The van der Waals surface area contributed by atoms with E-state index in [-0.39, 0.29) is 0 Å². The number of aromatic nitrogens is 4. The van der Waals surface area contributed by atoms with Gasteiger partial charge >= 0.3 is 0 Å². The minimum absolute atomic E-state index is 0.484. The molecule has 2 N–H and O–H groups in total. The Morgan fingerprint density at radius 2 is 2.29 bits per heavy atom. The molecular formula is C9H10N4O. The monoisotopic (exact) mass is 190 g/mol. The highest BCUT2D eigenvalue weighted by Gasteiger charge is 2.05. The maximum absolute atomic E-state index is 9.38. The van der Waals surface area contributed by atoms with E-state index < -0.39 is 6.10 Å². The average molecular weight is 190 g/mol. The minimum Gasteiger partial charge on any atom is -0.389 e. The van der Waals surface area contributed by atoms with Gasteiger partial charge in [-0.1, -0.05) is 18.2 Å². The largest absolute Gasteiger partial charge is 0.389 e. The fourth-order valence-corrected chi connectivity index (χ4v) is 1.22. The van der Waals surface area contributed by atoms with Crippen molar-refractivity contribution in [3.8, 4) is 11.4 Å². The molecule has 0 fully saturated rings.